The number of nitrogens with two attached hydrogens (primary N) is 1. The van der Waals surface area contributed by atoms with Crippen LogP contribution < -0.4 is 10.6 Å². The second-order valence-electron chi connectivity index (χ2n) is 4.61. The quantitative estimate of drug-likeness (QED) is 0.686. The van der Waals surface area contributed by atoms with Crippen LogP contribution in [0.5, 0.6) is 0 Å². The number of hydrogen-bond donors (Lipinski definition) is 2. The number of anilines is 2. The molecule has 0 spiro atoms. The molecule has 0 amide bonds. The first-order valence-corrected chi connectivity index (χ1v) is 5.40. The van der Waals surface area contributed by atoms with Gasteiger partial charge in [-0.15, -0.1) is 0 Å². The molecule has 3 heteroatoms. The van der Waals surface area contributed by atoms with Crippen molar-refractivity contribution in [3.05, 3.63) is 24.3 Å². The maximum atomic E-state index is 9.99. The molecule has 1 heterocycles. The standard InChI is InChI=1S/C12H18N2O/c1-12(15)7-2-8-14(9-12)11-5-3-10(13)4-6-11/h3-6,15H,2,7-9,13H2,1H3/t12-/m0/s1. The van der Waals surface area contributed by atoms with E-state index in [9.17, 15) is 5.11 Å². The molecule has 1 aromatic rings. The smallest absolute Gasteiger partial charge is 0.0794 e. The molecule has 1 aromatic carbocycles. The van der Waals surface area contributed by atoms with Crippen LogP contribution in [-0.2, 0) is 0 Å². The van der Waals surface area contributed by atoms with E-state index in [0.29, 0.717) is 6.54 Å². The third-order valence-electron chi connectivity index (χ3n) is 2.93. The monoisotopic (exact) mass is 206 g/mol. The van der Waals surface area contributed by atoms with Crippen LogP contribution in [0.4, 0.5) is 11.4 Å². The number of hydrogen-bond acceptors (Lipinski definition) is 3. The van der Waals surface area contributed by atoms with Crippen LogP contribution in [0.3, 0.4) is 0 Å². The van der Waals surface area contributed by atoms with Crippen molar-refractivity contribution in [3.63, 3.8) is 0 Å². The van der Waals surface area contributed by atoms with Crippen molar-refractivity contribution in [1.29, 1.82) is 0 Å². The van der Waals surface area contributed by atoms with Crippen LogP contribution in [0, 0.1) is 0 Å². The number of benzene rings is 1. The number of aliphatic hydroxyl groups is 1. The molecular formula is C12H18N2O. The zero-order valence-electron chi connectivity index (χ0n) is 9.11. The van der Waals surface area contributed by atoms with Crippen LogP contribution in [0.25, 0.3) is 0 Å². The molecule has 3 nitrogen and oxygen atoms in total. The van der Waals surface area contributed by atoms with Gasteiger partial charge in [-0.2, -0.15) is 0 Å². The van der Waals surface area contributed by atoms with Crippen LogP contribution in [0.15, 0.2) is 24.3 Å². The van der Waals surface area contributed by atoms with Crippen molar-refractivity contribution in [2.24, 2.45) is 0 Å². The molecule has 1 saturated heterocycles. The fourth-order valence-electron chi connectivity index (χ4n) is 2.13. The average molecular weight is 206 g/mol. The molecule has 0 unspecified atom stereocenters. The molecule has 0 aliphatic carbocycles. The van der Waals surface area contributed by atoms with E-state index in [-0.39, 0.29) is 0 Å². The molecule has 1 atom stereocenters. The van der Waals surface area contributed by atoms with Crippen molar-refractivity contribution in [2.75, 3.05) is 23.7 Å². The zero-order valence-corrected chi connectivity index (χ0v) is 9.11. The lowest BCUT2D eigenvalue weighted by atomic mass is 9.95. The van der Waals surface area contributed by atoms with Crippen molar-refractivity contribution < 1.29 is 5.11 Å². The molecule has 0 aromatic heterocycles. The van der Waals surface area contributed by atoms with Gasteiger partial charge in [0, 0.05) is 24.5 Å². The predicted molar refractivity (Wildman–Crippen MR) is 62.9 cm³/mol. The second kappa shape index (κ2) is 3.74. The molecule has 3 N–H and O–H groups in total. The summed E-state index contributed by atoms with van der Waals surface area (Å²) in [6, 6.07) is 7.82. The summed E-state index contributed by atoms with van der Waals surface area (Å²) in [6.45, 7) is 3.62. The van der Waals surface area contributed by atoms with Crippen molar-refractivity contribution >= 4 is 11.4 Å². The van der Waals surface area contributed by atoms with E-state index in [1.165, 1.54) is 0 Å². The normalized spacial score (nSPS) is 26.7. The molecule has 2 rings (SSSR count). The highest BCUT2D eigenvalue weighted by atomic mass is 16.3. The van der Waals surface area contributed by atoms with Crippen molar-refractivity contribution in [3.8, 4) is 0 Å². The van der Waals surface area contributed by atoms with Crippen LogP contribution >= 0.6 is 0 Å². The molecule has 1 aliphatic rings. The Morgan fingerprint density at radius 3 is 2.60 bits per heavy atom. The van der Waals surface area contributed by atoms with Gasteiger partial charge in [0.1, 0.15) is 0 Å². The average Bonchev–Trinajstić information content (AvgIpc) is 2.17. The summed E-state index contributed by atoms with van der Waals surface area (Å²) in [7, 11) is 0. The summed E-state index contributed by atoms with van der Waals surface area (Å²) >= 11 is 0. The van der Waals surface area contributed by atoms with E-state index in [0.717, 1.165) is 30.8 Å². The largest absolute Gasteiger partial charge is 0.399 e. The minimum absolute atomic E-state index is 0.556. The van der Waals surface area contributed by atoms with E-state index < -0.39 is 5.60 Å². The lowest BCUT2D eigenvalue weighted by Crippen LogP contribution is -2.46. The van der Waals surface area contributed by atoms with Gasteiger partial charge in [-0.3, -0.25) is 0 Å². The molecular weight excluding hydrogens is 188 g/mol. The van der Waals surface area contributed by atoms with Gasteiger partial charge < -0.3 is 15.7 Å². The first kappa shape index (κ1) is 10.3. The Morgan fingerprint density at radius 1 is 1.33 bits per heavy atom. The summed E-state index contributed by atoms with van der Waals surface area (Å²) in [5, 5.41) is 9.99. The summed E-state index contributed by atoms with van der Waals surface area (Å²) in [5.74, 6) is 0. The maximum absolute atomic E-state index is 9.99. The Kier molecular flexibility index (Phi) is 2.57. The minimum Gasteiger partial charge on any atom is -0.399 e. The van der Waals surface area contributed by atoms with E-state index >= 15 is 0 Å². The molecule has 1 aliphatic heterocycles. The molecule has 0 radical (unpaired) electrons. The van der Waals surface area contributed by atoms with Gasteiger partial charge in [0.05, 0.1) is 5.60 Å². The predicted octanol–water partition coefficient (Wildman–Crippen LogP) is 1.62. The topological polar surface area (TPSA) is 49.5 Å². The lowest BCUT2D eigenvalue weighted by molar-refractivity contribution is 0.0449. The molecule has 1 fully saturated rings. The summed E-state index contributed by atoms with van der Waals surface area (Å²) < 4.78 is 0. The second-order valence-corrected chi connectivity index (χ2v) is 4.61. The van der Waals surface area contributed by atoms with E-state index in [1.807, 2.05) is 31.2 Å². The fraction of sp³-hybridized carbons (Fsp3) is 0.500. The first-order chi connectivity index (χ1) is 7.07. The Hall–Kier alpha value is -1.22. The van der Waals surface area contributed by atoms with Gasteiger partial charge in [0.2, 0.25) is 0 Å². The van der Waals surface area contributed by atoms with Crippen LogP contribution in [0.2, 0.25) is 0 Å². The summed E-state index contributed by atoms with van der Waals surface area (Å²) in [4.78, 5) is 2.21. The third-order valence-corrected chi connectivity index (χ3v) is 2.93. The number of nitrogens with zero attached hydrogens (tertiary/aromatic N) is 1. The number of nitrogen functional groups attached to an aromatic ring is 1. The summed E-state index contributed by atoms with van der Waals surface area (Å²) in [6.07, 6.45) is 1.93. The minimum atomic E-state index is -0.556. The van der Waals surface area contributed by atoms with Gasteiger partial charge >= 0.3 is 0 Å². The Balaban J connectivity index is 2.13. The highest BCUT2D eigenvalue weighted by molar-refractivity contribution is 5.53. The number of β-amino-alcohol motifs (C(OH)–C–C–N with tert-alkyl or cyclic N) is 1. The van der Waals surface area contributed by atoms with Gasteiger partial charge in [0.15, 0.2) is 0 Å². The van der Waals surface area contributed by atoms with Gasteiger partial charge in [0.25, 0.3) is 0 Å². The highest BCUT2D eigenvalue weighted by Gasteiger charge is 2.28. The number of piperidine rings is 1. The molecule has 15 heavy (non-hydrogen) atoms. The summed E-state index contributed by atoms with van der Waals surface area (Å²) in [5.41, 5.74) is 7.01. The highest BCUT2D eigenvalue weighted by Crippen LogP contribution is 2.25. The first-order valence-electron chi connectivity index (χ1n) is 5.40. The van der Waals surface area contributed by atoms with Crippen LogP contribution in [0.1, 0.15) is 19.8 Å². The van der Waals surface area contributed by atoms with Crippen molar-refractivity contribution in [1.82, 2.24) is 0 Å². The maximum Gasteiger partial charge on any atom is 0.0794 e. The fourth-order valence-corrected chi connectivity index (χ4v) is 2.13. The van der Waals surface area contributed by atoms with E-state index in [2.05, 4.69) is 4.90 Å². The van der Waals surface area contributed by atoms with E-state index in [4.69, 9.17) is 5.73 Å². The molecule has 0 saturated carbocycles. The van der Waals surface area contributed by atoms with Crippen LogP contribution in [-0.4, -0.2) is 23.8 Å². The SMILES string of the molecule is C[C@]1(O)CCCN(c2ccc(N)cc2)C1. The molecule has 0 bridgehead atoms. The van der Waals surface area contributed by atoms with Crippen molar-refractivity contribution in [2.45, 2.75) is 25.4 Å². The molecule has 82 valence electrons. The van der Waals surface area contributed by atoms with Gasteiger partial charge in [-0.05, 0) is 44.0 Å². The Labute approximate surface area is 90.5 Å². The van der Waals surface area contributed by atoms with Gasteiger partial charge in [-0.1, -0.05) is 0 Å². The lowest BCUT2D eigenvalue weighted by Gasteiger charge is -2.38. The van der Waals surface area contributed by atoms with E-state index in [1.54, 1.807) is 0 Å². The Bertz CT molecular complexity index is 332. The van der Waals surface area contributed by atoms with Gasteiger partial charge in [-0.25, -0.2) is 0 Å². The zero-order chi connectivity index (χ0) is 10.9. The number of rotatable bonds is 1. The Morgan fingerprint density at radius 2 is 2.00 bits per heavy atom. The third kappa shape index (κ3) is 2.42.